The van der Waals surface area contributed by atoms with Crippen LogP contribution in [0.25, 0.3) is 0 Å². The number of aliphatic hydroxyl groups excluding tert-OH is 1. The van der Waals surface area contributed by atoms with Gasteiger partial charge in [0, 0.05) is 26.1 Å². The highest BCUT2D eigenvalue weighted by Gasteiger charge is 2.42. The van der Waals surface area contributed by atoms with E-state index in [1.807, 2.05) is 12.1 Å². The predicted molar refractivity (Wildman–Crippen MR) is 73.8 cm³/mol. The maximum absolute atomic E-state index is 12.2. The monoisotopic (exact) mass is 278 g/mol. The van der Waals surface area contributed by atoms with E-state index in [0.29, 0.717) is 24.9 Å². The molecule has 2 heterocycles. The molecule has 5 heteroatoms. The molecule has 1 amide bonds. The van der Waals surface area contributed by atoms with Gasteiger partial charge in [-0.25, -0.2) is 0 Å². The van der Waals surface area contributed by atoms with Crippen LogP contribution in [0.5, 0.6) is 0 Å². The molecule has 0 bridgehead atoms. The lowest BCUT2D eigenvalue weighted by Crippen LogP contribution is -2.37. The second kappa shape index (κ2) is 5.58. The third-order valence-corrected chi connectivity index (χ3v) is 4.65. The summed E-state index contributed by atoms with van der Waals surface area (Å²) in [5.74, 6) is 1.86. The van der Waals surface area contributed by atoms with E-state index in [1.54, 1.807) is 18.2 Å². The topological polar surface area (TPSA) is 56.9 Å². The maximum Gasteiger partial charge on any atom is 0.236 e. The fraction of sp³-hybridized carbons (Fsp3) is 0.667. The highest BCUT2D eigenvalue weighted by Crippen LogP contribution is 2.37. The van der Waals surface area contributed by atoms with Crippen LogP contribution in [0.3, 0.4) is 0 Å². The third-order valence-electron chi connectivity index (χ3n) is 4.65. The Morgan fingerprint density at radius 2 is 2.35 bits per heavy atom. The molecule has 2 aliphatic rings. The average molecular weight is 278 g/mol. The summed E-state index contributed by atoms with van der Waals surface area (Å²) in [4.78, 5) is 16.1. The summed E-state index contributed by atoms with van der Waals surface area (Å²) in [5, 5.41) is 9.90. The SMILES string of the molecule is CN(Cc1ccco1)C(=O)CN1CC2CCC(O)C2C1. The maximum atomic E-state index is 12.2. The van der Waals surface area contributed by atoms with Gasteiger partial charge in [-0.3, -0.25) is 9.69 Å². The number of hydrogen-bond donors (Lipinski definition) is 1. The Balaban J connectivity index is 1.50. The minimum Gasteiger partial charge on any atom is -0.467 e. The molecule has 3 rings (SSSR count). The van der Waals surface area contributed by atoms with Crippen molar-refractivity contribution in [3.63, 3.8) is 0 Å². The normalized spacial score (nSPS) is 29.6. The molecule has 1 aromatic heterocycles. The number of likely N-dealkylation sites (N-methyl/N-ethyl adjacent to an activating group) is 1. The van der Waals surface area contributed by atoms with Crippen molar-refractivity contribution in [2.24, 2.45) is 11.8 Å². The number of amides is 1. The Hall–Kier alpha value is -1.33. The molecule has 1 saturated carbocycles. The molecule has 0 spiro atoms. The van der Waals surface area contributed by atoms with E-state index < -0.39 is 0 Å². The first-order valence-corrected chi connectivity index (χ1v) is 7.30. The molecule has 5 nitrogen and oxygen atoms in total. The van der Waals surface area contributed by atoms with Crippen LogP contribution in [0.4, 0.5) is 0 Å². The number of carbonyl (C=O) groups is 1. The van der Waals surface area contributed by atoms with Crippen molar-refractivity contribution in [3.8, 4) is 0 Å². The Bertz CT molecular complexity index is 460. The summed E-state index contributed by atoms with van der Waals surface area (Å²) in [5.41, 5.74) is 0. The summed E-state index contributed by atoms with van der Waals surface area (Å²) >= 11 is 0. The Morgan fingerprint density at radius 3 is 3.05 bits per heavy atom. The van der Waals surface area contributed by atoms with Gasteiger partial charge in [-0.15, -0.1) is 0 Å². The van der Waals surface area contributed by atoms with Gasteiger partial charge in [-0.1, -0.05) is 0 Å². The zero-order valence-corrected chi connectivity index (χ0v) is 11.9. The number of furan rings is 1. The van der Waals surface area contributed by atoms with Gasteiger partial charge in [-0.2, -0.15) is 0 Å². The van der Waals surface area contributed by atoms with E-state index in [1.165, 1.54) is 0 Å². The van der Waals surface area contributed by atoms with Crippen molar-refractivity contribution in [2.75, 3.05) is 26.7 Å². The molecular formula is C15H22N2O3. The molecule has 110 valence electrons. The van der Waals surface area contributed by atoms with Gasteiger partial charge in [0.2, 0.25) is 5.91 Å². The number of carbonyl (C=O) groups excluding carboxylic acids is 1. The van der Waals surface area contributed by atoms with E-state index in [4.69, 9.17) is 4.42 Å². The van der Waals surface area contributed by atoms with Crippen molar-refractivity contribution in [1.29, 1.82) is 0 Å². The number of aliphatic hydroxyl groups is 1. The van der Waals surface area contributed by atoms with E-state index in [9.17, 15) is 9.90 Å². The highest BCUT2D eigenvalue weighted by atomic mass is 16.3. The molecule has 1 aliphatic carbocycles. The minimum absolute atomic E-state index is 0.107. The highest BCUT2D eigenvalue weighted by molar-refractivity contribution is 5.78. The molecular weight excluding hydrogens is 256 g/mol. The van der Waals surface area contributed by atoms with E-state index in [-0.39, 0.29) is 12.0 Å². The van der Waals surface area contributed by atoms with Gasteiger partial charge in [0.25, 0.3) is 0 Å². The van der Waals surface area contributed by atoms with E-state index in [0.717, 1.165) is 31.7 Å². The molecule has 1 N–H and O–H groups in total. The molecule has 3 unspecified atom stereocenters. The third kappa shape index (κ3) is 2.74. The molecule has 2 fully saturated rings. The van der Waals surface area contributed by atoms with Crippen molar-refractivity contribution < 1.29 is 14.3 Å². The number of rotatable bonds is 4. The number of nitrogens with zero attached hydrogens (tertiary/aromatic N) is 2. The van der Waals surface area contributed by atoms with Crippen LogP contribution >= 0.6 is 0 Å². The summed E-state index contributed by atoms with van der Waals surface area (Å²) in [6, 6.07) is 3.71. The molecule has 20 heavy (non-hydrogen) atoms. The molecule has 0 radical (unpaired) electrons. The Morgan fingerprint density at radius 1 is 1.50 bits per heavy atom. The molecule has 1 aliphatic heterocycles. The summed E-state index contributed by atoms with van der Waals surface area (Å²) in [6.45, 7) is 2.75. The van der Waals surface area contributed by atoms with Crippen LogP contribution in [0, 0.1) is 11.8 Å². The largest absolute Gasteiger partial charge is 0.467 e. The summed E-state index contributed by atoms with van der Waals surface area (Å²) < 4.78 is 5.26. The van der Waals surface area contributed by atoms with Crippen molar-refractivity contribution in [1.82, 2.24) is 9.80 Å². The van der Waals surface area contributed by atoms with Crippen LogP contribution < -0.4 is 0 Å². The lowest BCUT2D eigenvalue weighted by atomic mass is 10.00. The van der Waals surface area contributed by atoms with Gasteiger partial charge in [-0.05, 0) is 30.9 Å². The minimum atomic E-state index is -0.166. The first-order valence-electron chi connectivity index (χ1n) is 7.30. The quantitative estimate of drug-likeness (QED) is 0.890. The first kappa shape index (κ1) is 13.6. The molecule has 1 aromatic rings. The number of hydrogen-bond acceptors (Lipinski definition) is 4. The fourth-order valence-corrected chi connectivity index (χ4v) is 3.49. The van der Waals surface area contributed by atoms with Crippen LogP contribution in [-0.2, 0) is 11.3 Å². The molecule has 3 atom stereocenters. The number of likely N-dealkylation sites (tertiary alicyclic amines) is 1. The second-order valence-corrected chi connectivity index (χ2v) is 6.09. The van der Waals surface area contributed by atoms with Gasteiger partial charge in [0.1, 0.15) is 5.76 Å². The van der Waals surface area contributed by atoms with Crippen LogP contribution in [-0.4, -0.2) is 53.6 Å². The van der Waals surface area contributed by atoms with Crippen molar-refractivity contribution in [3.05, 3.63) is 24.2 Å². The van der Waals surface area contributed by atoms with Crippen molar-refractivity contribution >= 4 is 5.91 Å². The average Bonchev–Trinajstić information content (AvgIpc) is 3.10. The van der Waals surface area contributed by atoms with E-state index >= 15 is 0 Å². The second-order valence-electron chi connectivity index (χ2n) is 6.09. The zero-order chi connectivity index (χ0) is 14.1. The predicted octanol–water partition coefficient (Wildman–Crippen LogP) is 0.941. The van der Waals surface area contributed by atoms with Gasteiger partial charge < -0.3 is 14.4 Å². The van der Waals surface area contributed by atoms with Crippen molar-refractivity contribution in [2.45, 2.75) is 25.5 Å². The van der Waals surface area contributed by atoms with Gasteiger partial charge in [0.15, 0.2) is 0 Å². The standard InChI is InChI=1S/C15H22N2O3/c1-16(8-12-3-2-6-20-12)15(19)10-17-7-11-4-5-14(18)13(11)9-17/h2-3,6,11,13-14,18H,4-5,7-10H2,1H3. The van der Waals surface area contributed by atoms with Gasteiger partial charge >= 0.3 is 0 Å². The van der Waals surface area contributed by atoms with Gasteiger partial charge in [0.05, 0.1) is 25.5 Å². The zero-order valence-electron chi connectivity index (χ0n) is 11.9. The molecule has 1 saturated heterocycles. The van der Waals surface area contributed by atoms with E-state index in [2.05, 4.69) is 4.90 Å². The fourth-order valence-electron chi connectivity index (χ4n) is 3.49. The van der Waals surface area contributed by atoms with Crippen LogP contribution in [0.1, 0.15) is 18.6 Å². The number of fused-ring (bicyclic) bond motifs is 1. The lowest BCUT2D eigenvalue weighted by molar-refractivity contribution is -0.131. The Kier molecular flexibility index (Phi) is 3.81. The van der Waals surface area contributed by atoms with Crippen LogP contribution in [0.15, 0.2) is 22.8 Å². The summed E-state index contributed by atoms with van der Waals surface area (Å²) in [7, 11) is 1.80. The smallest absolute Gasteiger partial charge is 0.236 e. The van der Waals surface area contributed by atoms with Crippen LogP contribution in [0.2, 0.25) is 0 Å². The Labute approximate surface area is 119 Å². The first-order chi connectivity index (χ1) is 9.63. The molecule has 0 aromatic carbocycles. The lowest BCUT2D eigenvalue weighted by Gasteiger charge is -2.21. The summed E-state index contributed by atoms with van der Waals surface area (Å²) in [6.07, 6.45) is 3.48.